The van der Waals surface area contributed by atoms with E-state index in [1.807, 2.05) is 23.1 Å². The van der Waals surface area contributed by atoms with Crippen LogP contribution in [0.2, 0.25) is 10.0 Å². The molecule has 8 heteroatoms. The first-order chi connectivity index (χ1) is 13.0. The molecule has 2 heterocycles. The van der Waals surface area contributed by atoms with Gasteiger partial charge in [0, 0.05) is 30.1 Å². The molecule has 1 aromatic carbocycles. The van der Waals surface area contributed by atoms with E-state index in [0.717, 1.165) is 50.1 Å². The van der Waals surface area contributed by atoms with Crippen LogP contribution >= 0.6 is 35.4 Å². The maximum Gasteiger partial charge on any atom is 0.166 e. The first-order valence-corrected chi connectivity index (χ1v) is 10.3. The molecule has 1 aromatic heterocycles. The van der Waals surface area contributed by atoms with Crippen LogP contribution in [0.5, 0.6) is 0 Å². The van der Waals surface area contributed by atoms with Crippen LogP contribution in [0, 0.1) is 0 Å². The van der Waals surface area contributed by atoms with E-state index in [2.05, 4.69) is 5.16 Å². The quantitative estimate of drug-likeness (QED) is 0.697. The molecule has 1 saturated heterocycles. The molecular formula is C19H21Cl2N3O2S. The summed E-state index contributed by atoms with van der Waals surface area (Å²) in [6.45, 7) is 2.08. The molecule has 0 unspecified atom stereocenters. The number of nitrogens with two attached hydrogens (primary N) is 1. The number of rotatable bonds is 5. The largest absolute Gasteiger partial charge is 0.376 e. The van der Waals surface area contributed by atoms with Gasteiger partial charge in [0.05, 0.1) is 22.8 Å². The van der Waals surface area contributed by atoms with Gasteiger partial charge in [0.15, 0.2) is 5.11 Å². The average Bonchev–Trinajstić information content (AvgIpc) is 3.41. The Morgan fingerprint density at radius 3 is 2.48 bits per heavy atom. The number of thiocarbonyl (C=S) groups is 1. The fourth-order valence-electron chi connectivity index (χ4n) is 3.49. The number of benzene rings is 1. The molecule has 0 bridgehead atoms. The van der Waals surface area contributed by atoms with Crippen molar-refractivity contribution in [2.75, 3.05) is 13.1 Å². The second-order valence-corrected chi connectivity index (χ2v) is 8.31. The van der Waals surface area contributed by atoms with E-state index in [-0.39, 0.29) is 6.10 Å². The maximum absolute atomic E-state index is 6.40. The Morgan fingerprint density at radius 1 is 1.22 bits per heavy atom. The van der Waals surface area contributed by atoms with Crippen LogP contribution in [0.25, 0.3) is 11.3 Å². The molecule has 1 saturated carbocycles. The second kappa shape index (κ2) is 7.95. The molecule has 1 aliphatic heterocycles. The van der Waals surface area contributed by atoms with Crippen molar-refractivity contribution in [1.82, 2.24) is 10.1 Å². The average molecular weight is 426 g/mol. The van der Waals surface area contributed by atoms with Crippen LogP contribution < -0.4 is 5.73 Å². The zero-order chi connectivity index (χ0) is 19.0. The van der Waals surface area contributed by atoms with E-state index in [9.17, 15) is 0 Å². The van der Waals surface area contributed by atoms with Gasteiger partial charge in [-0.25, -0.2) is 0 Å². The van der Waals surface area contributed by atoms with Gasteiger partial charge in [0.1, 0.15) is 11.5 Å². The second-order valence-electron chi connectivity index (χ2n) is 7.08. The Bertz CT molecular complexity index is 825. The smallest absolute Gasteiger partial charge is 0.166 e. The topological polar surface area (TPSA) is 64.5 Å². The van der Waals surface area contributed by atoms with Gasteiger partial charge in [0.2, 0.25) is 0 Å². The van der Waals surface area contributed by atoms with Crippen LogP contribution in [0.15, 0.2) is 22.7 Å². The van der Waals surface area contributed by atoms with Crippen LogP contribution in [0.1, 0.15) is 42.9 Å². The summed E-state index contributed by atoms with van der Waals surface area (Å²) in [5.41, 5.74) is 8.06. The summed E-state index contributed by atoms with van der Waals surface area (Å²) in [6.07, 6.45) is 4.17. The van der Waals surface area contributed by atoms with Gasteiger partial charge in [-0.05, 0) is 50.0 Å². The highest BCUT2D eigenvalue weighted by molar-refractivity contribution is 7.80. The van der Waals surface area contributed by atoms with Gasteiger partial charge in [-0.1, -0.05) is 34.4 Å². The molecule has 5 nitrogen and oxygen atoms in total. The monoisotopic (exact) mass is 425 g/mol. The minimum absolute atomic E-state index is 0.159. The van der Waals surface area contributed by atoms with Gasteiger partial charge < -0.3 is 19.9 Å². The maximum atomic E-state index is 6.40. The molecule has 0 atom stereocenters. The lowest BCUT2D eigenvalue weighted by atomic mass is 10.0. The SMILES string of the molecule is NC(=S)N1CCC(OCc2c(-c3c(Cl)cccc3Cl)noc2C2CC2)CC1. The molecule has 27 heavy (non-hydrogen) atoms. The third-order valence-corrected chi connectivity index (χ3v) is 6.07. The van der Waals surface area contributed by atoms with E-state index < -0.39 is 0 Å². The summed E-state index contributed by atoms with van der Waals surface area (Å²) < 4.78 is 11.9. The highest BCUT2D eigenvalue weighted by atomic mass is 35.5. The summed E-state index contributed by atoms with van der Waals surface area (Å²) in [4.78, 5) is 2.01. The first kappa shape index (κ1) is 19.0. The third kappa shape index (κ3) is 4.09. The number of halogens is 2. The molecule has 144 valence electrons. The minimum atomic E-state index is 0.159. The van der Waals surface area contributed by atoms with Crippen LogP contribution in [-0.4, -0.2) is 34.4 Å². The summed E-state index contributed by atoms with van der Waals surface area (Å²) in [6, 6.07) is 5.44. The number of likely N-dealkylation sites (tertiary alicyclic amines) is 1. The normalized spacial score (nSPS) is 18.1. The molecule has 0 amide bonds. The van der Waals surface area contributed by atoms with Crippen LogP contribution in [0.4, 0.5) is 0 Å². The van der Waals surface area contributed by atoms with Gasteiger partial charge in [-0.3, -0.25) is 0 Å². The molecule has 1 aliphatic carbocycles. The Balaban J connectivity index is 1.54. The summed E-state index contributed by atoms with van der Waals surface area (Å²) in [5, 5.41) is 5.88. The molecule has 2 aliphatic rings. The Hall–Kier alpha value is -1.34. The number of hydrogen-bond acceptors (Lipinski definition) is 4. The van der Waals surface area contributed by atoms with Crippen molar-refractivity contribution >= 4 is 40.5 Å². The first-order valence-electron chi connectivity index (χ1n) is 9.13. The number of hydrogen-bond donors (Lipinski definition) is 1. The van der Waals surface area contributed by atoms with Crippen molar-refractivity contribution in [3.05, 3.63) is 39.6 Å². The summed E-state index contributed by atoms with van der Waals surface area (Å²) >= 11 is 17.8. The lowest BCUT2D eigenvalue weighted by molar-refractivity contribution is 0.00814. The van der Waals surface area contributed by atoms with Gasteiger partial charge in [0.25, 0.3) is 0 Å². The Labute approximate surface area is 173 Å². The van der Waals surface area contributed by atoms with Crippen molar-refractivity contribution in [3.63, 3.8) is 0 Å². The predicted octanol–water partition coefficient (Wildman–Crippen LogP) is 4.75. The number of nitrogens with zero attached hydrogens (tertiary/aromatic N) is 2. The van der Waals surface area contributed by atoms with Crippen molar-refractivity contribution in [2.24, 2.45) is 5.73 Å². The van der Waals surface area contributed by atoms with E-state index in [1.54, 1.807) is 0 Å². The lowest BCUT2D eigenvalue weighted by Gasteiger charge is -2.32. The van der Waals surface area contributed by atoms with Gasteiger partial charge in [-0.15, -0.1) is 0 Å². The molecule has 2 aromatic rings. The van der Waals surface area contributed by atoms with E-state index in [4.69, 9.17) is 50.4 Å². The highest BCUT2D eigenvalue weighted by Crippen LogP contribution is 2.46. The Morgan fingerprint density at radius 2 is 1.89 bits per heavy atom. The minimum Gasteiger partial charge on any atom is -0.376 e. The molecule has 2 fully saturated rings. The molecule has 0 radical (unpaired) electrons. The molecule has 2 N–H and O–H groups in total. The number of ether oxygens (including phenoxy) is 1. The van der Waals surface area contributed by atoms with Crippen LogP contribution in [-0.2, 0) is 11.3 Å². The Kier molecular flexibility index (Phi) is 5.60. The zero-order valence-corrected chi connectivity index (χ0v) is 17.1. The van der Waals surface area contributed by atoms with Gasteiger partial charge >= 0.3 is 0 Å². The molecular weight excluding hydrogens is 405 g/mol. The molecule has 4 rings (SSSR count). The standard InChI is InChI=1S/C19H21Cl2N3O2S/c20-14-2-1-3-15(21)16(14)17-13(18(26-23-17)11-4-5-11)10-25-12-6-8-24(9-7-12)19(22)27/h1-3,11-12H,4-10H2,(H2,22,27). The van der Waals surface area contributed by atoms with Crippen LogP contribution in [0.3, 0.4) is 0 Å². The fraction of sp³-hybridized carbons (Fsp3) is 0.474. The van der Waals surface area contributed by atoms with Crippen molar-refractivity contribution in [2.45, 2.75) is 44.3 Å². The summed E-state index contributed by atoms with van der Waals surface area (Å²) in [7, 11) is 0. The highest BCUT2D eigenvalue weighted by Gasteiger charge is 2.34. The van der Waals surface area contributed by atoms with E-state index >= 15 is 0 Å². The molecule has 0 spiro atoms. The van der Waals surface area contributed by atoms with Gasteiger partial charge in [-0.2, -0.15) is 0 Å². The predicted molar refractivity (Wildman–Crippen MR) is 110 cm³/mol. The fourth-order valence-corrected chi connectivity index (χ4v) is 4.25. The zero-order valence-electron chi connectivity index (χ0n) is 14.8. The third-order valence-electron chi connectivity index (χ3n) is 5.18. The van der Waals surface area contributed by atoms with Crippen molar-refractivity contribution in [1.29, 1.82) is 0 Å². The summed E-state index contributed by atoms with van der Waals surface area (Å²) in [5.74, 6) is 1.32. The van der Waals surface area contributed by atoms with E-state index in [0.29, 0.717) is 38.9 Å². The number of aromatic nitrogens is 1. The lowest BCUT2D eigenvalue weighted by Crippen LogP contribution is -2.43. The van der Waals surface area contributed by atoms with Crippen molar-refractivity contribution < 1.29 is 9.26 Å². The van der Waals surface area contributed by atoms with Crippen molar-refractivity contribution in [3.8, 4) is 11.3 Å². The number of piperidine rings is 1. The van der Waals surface area contributed by atoms with E-state index in [1.165, 1.54) is 0 Å².